The number of carbonyl (C=O) groups excluding carboxylic acids is 2. The fraction of sp³-hybridized carbons (Fsp3) is 0.650. The van der Waals surface area contributed by atoms with Crippen molar-refractivity contribution in [3.63, 3.8) is 0 Å². The van der Waals surface area contributed by atoms with Crippen LogP contribution in [0.15, 0.2) is 6.07 Å². The maximum atomic E-state index is 12.8. The van der Waals surface area contributed by atoms with E-state index < -0.39 is 0 Å². The summed E-state index contributed by atoms with van der Waals surface area (Å²) in [6.07, 6.45) is 8.62. The predicted octanol–water partition coefficient (Wildman–Crippen LogP) is 2.80. The van der Waals surface area contributed by atoms with Crippen LogP contribution >= 0.6 is 0 Å². The Morgan fingerprint density at radius 2 is 2.08 bits per heavy atom. The summed E-state index contributed by atoms with van der Waals surface area (Å²) in [5, 5.41) is 2.95. The quantitative estimate of drug-likeness (QED) is 0.814. The Morgan fingerprint density at radius 1 is 1.31 bits per heavy atom. The fourth-order valence-corrected chi connectivity index (χ4v) is 4.11. The normalized spacial score (nSPS) is 19.7. The number of carbonyl (C=O) groups is 2. The Bertz CT molecular complexity index is 708. The van der Waals surface area contributed by atoms with Gasteiger partial charge in [-0.1, -0.05) is 25.7 Å². The zero-order valence-electron chi connectivity index (χ0n) is 15.4. The molecule has 6 nitrogen and oxygen atoms in total. The van der Waals surface area contributed by atoms with Gasteiger partial charge in [0, 0.05) is 24.6 Å². The molecule has 2 amide bonds. The van der Waals surface area contributed by atoms with E-state index in [1.807, 2.05) is 11.0 Å². The van der Waals surface area contributed by atoms with Crippen LogP contribution in [0.25, 0.3) is 0 Å². The van der Waals surface area contributed by atoms with Crippen LogP contribution in [-0.2, 0) is 17.9 Å². The minimum absolute atomic E-state index is 0.0540. The molecule has 140 valence electrons. The summed E-state index contributed by atoms with van der Waals surface area (Å²) < 4.78 is 5.41. The highest BCUT2D eigenvalue weighted by Crippen LogP contribution is 2.34. The van der Waals surface area contributed by atoms with Gasteiger partial charge < -0.3 is 15.0 Å². The van der Waals surface area contributed by atoms with Crippen molar-refractivity contribution >= 4 is 11.8 Å². The number of methoxy groups -OCH3 is 1. The van der Waals surface area contributed by atoms with E-state index in [4.69, 9.17) is 4.74 Å². The molecular weight excluding hydrogens is 330 g/mol. The van der Waals surface area contributed by atoms with Gasteiger partial charge in [0.05, 0.1) is 24.9 Å². The molecule has 4 rings (SSSR count). The lowest BCUT2D eigenvalue weighted by Gasteiger charge is -2.22. The molecule has 0 radical (unpaired) electrons. The Balaban J connectivity index is 1.44. The third-order valence-electron chi connectivity index (χ3n) is 5.86. The van der Waals surface area contributed by atoms with Crippen LogP contribution in [0.3, 0.4) is 0 Å². The third-order valence-corrected chi connectivity index (χ3v) is 5.86. The van der Waals surface area contributed by atoms with E-state index in [1.54, 1.807) is 7.11 Å². The number of rotatable bonds is 7. The summed E-state index contributed by atoms with van der Waals surface area (Å²) in [6, 6.07) is 2.20. The average molecular weight is 357 g/mol. The van der Waals surface area contributed by atoms with Gasteiger partial charge in [-0.15, -0.1) is 0 Å². The lowest BCUT2D eigenvalue weighted by atomic mass is 10.1. The Kier molecular flexibility index (Phi) is 4.83. The van der Waals surface area contributed by atoms with Crippen LogP contribution in [-0.4, -0.2) is 34.8 Å². The van der Waals surface area contributed by atoms with Gasteiger partial charge in [-0.25, -0.2) is 4.98 Å². The molecular formula is C20H27N3O3. The maximum absolute atomic E-state index is 12.8. The van der Waals surface area contributed by atoms with Crippen LogP contribution in [0.4, 0.5) is 0 Å². The molecule has 26 heavy (non-hydrogen) atoms. The number of nitrogens with zero attached hydrogens (tertiary/aromatic N) is 2. The maximum Gasteiger partial charge on any atom is 0.256 e. The molecule has 6 heteroatoms. The smallest absolute Gasteiger partial charge is 0.256 e. The number of hydrogen-bond donors (Lipinski definition) is 1. The number of ether oxygens (including phenoxy) is 1. The van der Waals surface area contributed by atoms with Crippen molar-refractivity contribution in [3.8, 4) is 5.88 Å². The highest BCUT2D eigenvalue weighted by Gasteiger charge is 2.36. The molecule has 2 heterocycles. The van der Waals surface area contributed by atoms with Gasteiger partial charge in [0.1, 0.15) is 0 Å². The van der Waals surface area contributed by atoms with Crippen molar-refractivity contribution in [2.24, 2.45) is 5.92 Å². The first kappa shape index (κ1) is 17.3. The second-order valence-corrected chi connectivity index (χ2v) is 7.78. The minimum atomic E-state index is 0.0540. The van der Waals surface area contributed by atoms with Crippen molar-refractivity contribution < 1.29 is 14.3 Å². The fourth-order valence-electron chi connectivity index (χ4n) is 4.11. The zero-order chi connectivity index (χ0) is 18.1. The monoisotopic (exact) mass is 357 g/mol. The number of nitrogens with one attached hydrogen (secondary N) is 1. The molecule has 0 unspecified atom stereocenters. The molecule has 0 saturated heterocycles. The van der Waals surface area contributed by atoms with Gasteiger partial charge in [0.2, 0.25) is 11.8 Å². The van der Waals surface area contributed by atoms with Gasteiger partial charge in [-0.2, -0.15) is 0 Å². The molecule has 1 aromatic heterocycles. The van der Waals surface area contributed by atoms with Gasteiger partial charge in [0.25, 0.3) is 5.91 Å². The molecule has 1 aliphatic heterocycles. The molecule has 0 aromatic carbocycles. The van der Waals surface area contributed by atoms with Crippen molar-refractivity contribution in [2.75, 3.05) is 7.11 Å². The van der Waals surface area contributed by atoms with Gasteiger partial charge in [-0.3, -0.25) is 9.59 Å². The largest absolute Gasteiger partial charge is 0.481 e. The lowest BCUT2D eigenvalue weighted by Crippen LogP contribution is -2.33. The van der Waals surface area contributed by atoms with E-state index in [1.165, 1.54) is 25.7 Å². The van der Waals surface area contributed by atoms with Crippen LogP contribution in [0, 0.1) is 5.92 Å². The van der Waals surface area contributed by atoms with E-state index in [0.717, 1.165) is 36.4 Å². The second-order valence-electron chi connectivity index (χ2n) is 7.78. The first-order valence-electron chi connectivity index (χ1n) is 9.80. The number of amides is 2. The van der Waals surface area contributed by atoms with Crippen molar-refractivity contribution in [2.45, 2.75) is 70.5 Å². The van der Waals surface area contributed by atoms with E-state index >= 15 is 0 Å². The summed E-state index contributed by atoms with van der Waals surface area (Å²) in [5.41, 5.74) is 2.23. The summed E-state index contributed by atoms with van der Waals surface area (Å²) in [6.45, 7) is 0.923. The van der Waals surface area contributed by atoms with Gasteiger partial charge >= 0.3 is 0 Å². The molecule has 0 atom stereocenters. The number of aromatic nitrogens is 1. The summed E-state index contributed by atoms with van der Waals surface area (Å²) in [7, 11) is 1.58. The predicted molar refractivity (Wildman–Crippen MR) is 96.7 cm³/mol. The van der Waals surface area contributed by atoms with E-state index in [2.05, 4.69) is 10.3 Å². The van der Waals surface area contributed by atoms with Crippen LogP contribution in [0.1, 0.15) is 73.0 Å². The Hall–Kier alpha value is -2.11. The molecule has 1 N–H and O–H groups in total. The molecule has 3 aliphatic rings. The van der Waals surface area contributed by atoms with E-state index in [-0.39, 0.29) is 11.8 Å². The molecule has 0 bridgehead atoms. The standard InChI is InChI=1S/C20H27N3O3/c1-26-19-14(11-21-18(24)9-8-13-6-7-13)10-16-17(22-19)12-23(20(16)25)15-4-2-3-5-15/h10,13,15H,2-9,11-12H2,1H3,(H,21,24). The lowest BCUT2D eigenvalue weighted by molar-refractivity contribution is -0.121. The van der Waals surface area contributed by atoms with E-state index in [0.29, 0.717) is 37.0 Å². The molecule has 2 fully saturated rings. The number of hydrogen-bond acceptors (Lipinski definition) is 4. The number of fused-ring (bicyclic) bond motifs is 1. The average Bonchev–Trinajstić information content (AvgIpc) is 3.22. The highest BCUT2D eigenvalue weighted by molar-refractivity contribution is 5.98. The van der Waals surface area contributed by atoms with E-state index in [9.17, 15) is 9.59 Å². The van der Waals surface area contributed by atoms with Gasteiger partial charge in [0.15, 0.2) is 0 Å². The molecule has 0 spiro atoms. The second kappa shape index (κ2) is 7.25. The number of pyridine rings is 1. The SMILES string of the molecule is COc1nc2c(cc1CNC(=O)CCC1CC1)C(=O)N(C1CCCC1)C2. The first-order valence-corrected chi connectivity index (χ1v) is 9.80. The first-order chi connectivity index (χ1) is 12.7. The van der Waals surface area contributed by atoms with Gasteiger partial charge in [-0.05, 0) is 31.2 Å². The van der Waals surface area contributed by atoms with Crippen LogP contribution in [0.2, 0.25) is 0 Å². The van der Waals surface area contributed by atoms with Crippen LogP contribution in [0.5, 0.6) is 5.88 Å². The van der Waals surface area contributed by atoms with Crippen molar-refractivity contribution in [1.82, 2.24) is 15.2 Å². The molecule has 2 aliphatic carbocycles. The van der Waals surface area contributed by atoms with Crippen molar-refractivity contribution in [3.05, 3.63) is 22.9 Å². The van der Waals surface area contributed by atoms with Crippen LogP contribution < -0.4 is 10.1 Å². The summed E-state index contributed by atoms with van der Waals surface area (Å²) >= 11 is 0. The zero-order valence-corrected chi connectivity index (χ0v) is 15.4. The Labute approximate surface area is 154 Å². The molecule has 1 aromatic rings. The minimum Gasteiger partial charge on any atom is -0.481 e. The summed E-state index contributed by atoms with van der Waals surface area (Å²) in [4.78, 5) is 31.4. The summed E-state index contributed by atoms with van der Waals surface area (Å²) in [5.74, 6) is 1.38. The Morgan fingerprint density at radius 3 is 2.77 bits per heavy atom. The van der Waals surface area contributed by atoms with Crippen molar-refractivity contribution in [1.29, 1.82) is 0 Å². The molecule has 2 saturated carbocycles. The topological polar surface area (TPSA) is 71.5 Å². The highest BCUT2D eigenvalue weighted by atomic mass is 16.5. The third kappa shape index (κ3) is 3.55.